The molecule has 0 bridgehead atoms. The average Bonchev–Trinajstić information content (AvgIpc) is 2.28. The Morgan fingerprint density at radius 3 is 2.44 bits per heavy atom. The summed E-state index contributed by atoms with van der Waals surface area (Å²) in [6, 6.07) is 0.171. The summed E-state index contributed by atoms with van der Waals surface area (Å²) in [5.41, 5.74) is 0.0871. The fourth-order valence-corrected chi connectivity index (χ4v) is 1.94. The maximum atomic E-state index is 11.4. The van der Waals surface area contributed by atoms with E-state index < -0.39 is 10.9 Å². The molecule has 0 atom stereocenters. The summed E-state index contributed by atoms with van der Waals surface area (Å²) >= 11 is 0. The molecule has 0 saturated carbocycles. The fourth-order valence-electron chi connectivity index (χ4n) is 1.94. The molecule has 0 amide bonds. The predicted molar refractivity (Wildman–Crippen MR) is 72.1 cm³/mol. The van der Waals surface area contributed by atoms with Crippen molar-refractivity contribution in [3.05, 3.63) is 20.4 Å². The Kier molecular flexibility index (Phi) is 4.01. The number of ether oxygens (including phenoxy) is 1. The van der Waals surface area contributed by atoms with E-state index in [9.17, 15) is 9.59 Å². The van der Waals surface area contributed by atoms with Crippen LogP contribution >= 0.6 is 0 Å². The van der Waals surface area contributed by atoms with Gasteiger partial charge in [0.05, 0.1) is 19.3 Å². The van der Waals surface area contributed by atoms with Crippen molar-refractivity contribution in [2.75, 3.05) is 30.4 Å². The zero-order valence-electron chi connectivity index (χ0n) is 10.9. The van der Waals surface area contributed by atoms with Crippen LogP contribution in [0.3, 0.4) is 0 Å². The van der Waals surface area contributed by atoms with Gasteiger partial charge in [-0.25, -0.2) is 0 Å². The summed E-state index contributed by atoms with van der Waals surface area (Å²) < 4.78 is 5.02. The zero-order chi connectivity index (χ0) is 13.1. The molecule has 1 aliphatic rings. The minimum absolute atomic E-state index is 0.171. The van der Waals surface area contributed by atoms with Gasteiger partial charge in [0.25, 0.3) is 10.9 Å². The standard InChI is InChI=1S/C13H20N2O3/c1-8(2)4-3-5-14-10-11(13(17)12(10)16)15-9-6-18-7-9/h8-9,14-15H,3-7H2,1-2H3. The van der Waals surface area contributed by atoms with Crippen molar-refractivity contribution < 1.29 is 4.74 Å². The quantitative estimate of drug-likeness (QED) is 0.558. The van der Waals surface area contributed by atoms with E-state index in [1.54, 1.807) is 0 Å². The SMILES string of the molecule is CC(C)CCCNc1c(NC2COC2)c(=O)c1=O. The number of hydrogen-bond acceptors (Lipinski definition) is 5. The highest BCUT2D eigenvalue weighted by molar-refractivity contribution is 5.74. The predicted octanol–water partition coefficient (Wildman–Crippen LogP) is 0.941. The molecule has 5 heteroatoms. The summed E-state index contributed by atoms with van der Waals surface area (Å²) in [6.07, 6.45) is 2.12. The average molecular weight is 252 g/mol. The second-order valence-corrected chi connectivity index (χ2v) is 5.25. The Hall–Kier alpha value is -1.36. The van der Waals surface area contributed by atoms with E-state index >= 15 is 0 Å². The van der Waals surface area contributed by atoms with Gasteiger partial charge in [0, 0.05) is 6.54 Å². The van der Waals surface area contributed by atoms with Gasteiger partial charge in [-0.3, -0.25) is 9.59 Å². The van der Waals surface area contributed by atoms with Gasteiger partial charge < -0.3 is 15.4 Å². The van der Waals surface area contributed by atoms with Crippen LogP contribution in [0.15, 0.2) is 9.59 Å². The summed E-state index contributed by atoms with van der Waals surface area (Å²) in [6.45, 7) is 6.28. The molecule has 0 radical (unpaired) electrons. The monoisotopic (exact) mass is 252 g/mol. The molecule has 0 aromatic heterocycles. The third-order valence-electron chi connectivity index (χ3n) is 3.16. The highest BCUT2D eigenvalue weighted by atomic mass is 16.5. The molecule has 18 heavy (non-hydrogen) atoms. The number of hydrogen-bond donors (Lipinski definition) is 2. The molecule has 0 unspecified atom stereocenters. The van der Waals surface area contributed by atoms with E-state index in [-0.39, 0.29) is 6.04 Å². The van der Waals surface area contributed by atoms with Crippen LogP contribution in [0.2, 0.25) is 0 Å². The van der Waals surface area contributed by atoms with Crippen LogP contribution < -0.4 is 21.5 Å². The van der Waals surface area contributed by atoms with Crippen LogP contribution in [0.25, 0.3) is 0 Å². The molecule has 1 aromatic rings. The third-order valence-corrected chi connectivity index (χ3v) is 3.16. The fraction of sp³-hybridized carbons (Fsp3) is 0.692. The van der Waals surface area contributed by atoms with Crippen LogP contribution in [-0.4, -0.2) is 25.8 Å². The minimum atomic E-state index is -0.409. The zero-order valence-corrected chi connectivity index (χ0v) is 10.9. The smallest absolute Gasteiger partial charge is 0.253 e. The molecule has 1 aliphatic heterocycles. The summed E-state index contributed by atoms with van der Waals surface area (Å²) in [7, 11) is 0. The first kappa shape index (κ1) is 13.1. The maximum absolute atomic E-state index is 11.4. The van der Waals surface area contributed by atoms with E-state index in [0.29, 0.717) is 30.5 Å². The third kappa shape index (κ3) is 2.72. The topological polar surface area (TPSA) is 67.4 Å². The van der Waals surface area contributed by atoms with Gasteiger partial charge >= 0.3 is 0 Å². The van der Waals surface area contributed by atoms with E-state index in [1.165, 1.54) is 0 Å². The van der Waals surface area contributed by atoms with E-state index in [1.807, 2.05) is 0 Å². The van der Waals surface area contributed by atoms with Crippen molar-refractivity contribution in [2.24, 2.45) is 5.92 Å². The highest BCUT2D eigenvalue weighted by Gasteiger charge is 2.26. The van der Waals surface area contributed by atoms with E-state index in [0.717, 1.165) is 19.4 Å². The van der Waals surface area contributed by atoms with E-state index in [4.69, 9.17) is 4.74 Å². The summed E-state index contributed by atoms with van der Waals surface area (Å²) in [5, 5.41) is 6.12. The lowest BCUT2D eigenvalue weighted by molar-refractivity contribution is 0.0210. The van der Waals surface area contributed by atoms with Crippen LogP contribution in [0.5, 0.6) is 0 Å². The van der Waals surface area contributed by atoms with Gasteiger partial charge in [-0.1, -0.05) is 13.8 Å². The largest absolute Gasteiger partial charge is 0.380 e. The van der Waals surface area contributed by atoms with Crippen LogP contribution in [0.4, 0.5) is 11.4 Å². The first-order valence-electron chi connectivity index (χ1n) is 6.51. The van der Waals surface area contributed by atoms with Gasteiger partial charge in [-0.2, -0.15) is 0 Å². The van der Waals surface area contributed by atoms with Crippen molar-refractivity contribution in [1.82, 2.24) is 0 Å². The van der Waals surface area contributed by atoms with Crippen LogP contribution in [0, 0.1) is 5.92 Å². The lowest BCUT2D eigenvalue weighted by Gasteiger charge is -2.29. The first-order chi connectivity index (χ1) is 8.59. The van der Waals surface area contributed by atoms with Crippen molar-refractivity contribution in [1.29, 1.82) is 0 Å². The lowest BCUT2D eigenvalue weighted by Crippen LogP contribution is -2.46. The molecule has 0 spiro atoms. The molecule has 2 N–H and O–H groups in total. The van der Waals surface area contributed by atoms with Crippen molar-refractivity contribution >= 4 is 11.4 Å². The maximum Gasteiger partial charge on any atom is 0.253 e. The van der Waals surface area contributed by atoms with Crippen molar-refractivity contribution in [3.63, 3.8) is 0 Å². The number of rotatable bonds is 7. The molecular formula is C13H20N2O3. The molecule has 1 fully saturated rings. The molecule has 100 valence electrons. The Morgan fingerprint density at radius 2 is 1.89 bits per heavy atom. The van der Waals surface area contributed by atoms with Gasteiger partial charge in [-0.15, -0.1) is 0 Å². The van der Waals surface area contributed by atoms with Gasteiger partial charge in [0.1, 0.15) is 11.4 Å². The number of nitrogens with one attached hydrogen (secondary N) is 2. The van der Waals surface area contributed by atoms with Gasteiger partial charge in [-0.05, 0) is 18.8 Å². The number of anilines is 2. The summed E-state index contributed by atoms with van der Waals surface area (Å²) in [5.74, 6) is 0.657. The van der Waals surface area contributed by atoms with Gasteiger partial charge in [0.15, 0.2) is 0 Å². The van der Waals surface area contributed by atoms with Crippen molar-refractivity contribution in [2.45, 2.75) is 32.7 Å². The molecule has 1 heterocycles. The lowest BCUT2D eigenvalue weighted by atomic mass is 10.1. The molecule has 5 nitrogen and oxygen atoms in total. The molecule has 2 rings (SSSR count). The van der Waals surface area contributed by atoms with Gasteiger partial charge in [0.2, 0.25) is 0 Å². The van der Waals surface area contributed by atoms with Crippen LogP contribution in [0.1, 0.15) is 26.7 Å². The Labute approximate surface area is 106 Å². The molecule has 1 aromatic carbocycles. The second-order valence-electron chi connectivity index (χ2n) is 5.25. The van der Waals surface area contributed by atoms with E-state index in [2.05, 4.69) is 24.5 Å². The molecular weight excluding hydrogens is 232 g/mol. The minimum Gasteiger partial charge on any atom is -0.380 e. The first-order valence-corrected chi connectivity index (χ1v) is 6.51. The summed E-state index contributed by atoms with van der Waals surface area (Å²) in [4.78, 5) is 22.9. The Bertz CT molecular complexity index is 471. The molecule has 0 aliphatic carbocycles. The van der Waals surface area contributed by atoms with Crippen molar-refractivity contribution in [3.8, 4) is 0 Å². The molecule has 1 saturated heterocycles. The highest BCUT2D eigenvalue weighted by Crippen LogP contribution is 2.18. The Balaban J connectivity index is 1.85. The Morgan fingerprint density at radius 1 is 1.22 bits per heavy atom. The van der Waals surface area contributed by atoms with Crippen LogP contribution in [-0.2, 0) is 4.74 Å². The second kappa shape index (κ2) is 5.52. The normalized spacial score (nSPS) is 15.9.